The van der Waals surface area contributed by atoms with Crippen molar-refractivity contribution in [3.05, 3.63) is 15.8 Å². The van der Waals surface area contributed by atoms with Crippen molar-refractivity contribution in [2.24, 2.45) is 5.92 Å². The van der Waals surface area contributed by atoms with Gasteiger partial charge >= 0.3 is 5.69 Å². The molecule has 8 nitrogen and oxygen atoms in total. The van der Waals surface area contributed by atoms with Crippen molar-refractivity contribution < 1.29 is 9.66 Å². The number of nitrogens with zero attached hydrogens (tertiary/aromatic N) is 3. The van der Waals surface area contributed by atoms with Crippen LogP contribution in [0.15, 0.2) is 0 Å². The highest BCUT2D eigenvalue weighted by atomic mass is 16.6. The van der Waals surface area contributed by atoms with Gasteiger partial charge in [-0.05, 0) is 12.8 Å². The predicted octanol–water partition coefficient (Wildman–Crippen LogP) is 0.970. The number of nitrogens with two attached hydrogens (primary N) is 1. The molecule has 1 atom stereocenters. The summed E-state index contributed by atoms with van der Waals surface area (Å²) in [5.74, 6) is 0.360. The van der Waals surface area contributed by atoms with Crippen LogP contribution in [0.3, 0.4) is 0 Å². The second-order valence-corrected chi connectivity index (χ2v) is 4.06. The van der Waals surface area contributed by atoms with Crippen LogP contribution < -0.4 is 11.1 Å². The summed E-state index contributed by atoms with van der Waals surface area (Å²) in [5, 5.41) is 13.9. The second-order valence-electron chi connectivity index (χ2n) is 4.06. The molecule has 0 aliphatic heterocycles. The summed E-state index contributed by atoms with van der Waals surface area (Å²) < 4.78 is 4.99. The Bertz CT molecular complexity index is 438. The molecule has 0 bridgehead atoms. The van der Waals surface area contributed by atoms with Crippen LogP contribution in [0.4, 0.5) is 17.5 Å². The highest BCUT2D eigenvalue weighted by molar-refractivity contribution is 5.60. The van der Waals surface area contributed by atoms with Gasteiger partial charge in [-0.15, -0.1) is 0 Å². The van der Waals surface area contributed by atoms with Crippen LogP contribution >= 0.6 is 0 Å². The number of hydrogen-bond donors (Lipinski definition) is 2. The van der Waals surface area contributed by atoms with Crippen LogP contribution in [-0.2, 0) is 4.74 Å². The molecule has 1 aromatic heterocycles. The van der Waals surface area contributed by atoms with E-state index in [1.165, 1.54) is 6.92 Å². The lowest BCUT2D eigenvalue weighted by molar-refractivity contribution is -0.385. The Balaban J connectivity index is 2.90. The maximum atomic E-state index is 10.9. The Morgan fingerprint density at radius 2 is 2.22 bits per heavy atom. The summed E-state index contributed by atoms with van der Waals surface area (Å²) in [6, 6.07) is 0. The minimum absolute atomic E-state index is 0.0139. The number of hydrogen-bond acceptors (Lipinski definition) is 7. The molecule has 0 spiro atoms. The van der Waals surface area contributed by atoms with Gasteiger partial charge in [0.05, 0.1) is 11.5 Å². The Morgan fingerprint density at radius 3 is 2.78 bits per heavy atom. The molecule has 0 amide bonds. The molecule has 100 valence electrons. The maximum Gasteiger partial charge on any atom is 0.332 e. The van der Waals surface area contributed by atoms with Crippen molar-refractivity contribution in [1.29, 1.82) is 0 Å². The first-order chi connectivity index (χ1) is 8.45. The quantitative estimate of drug-likeness (QED) is 0.574. The van der Waals surface area contributed by atoms with E-state index in [0.717, 1.165) is 0 Å². The molecule has 1 aromatic rings. The molecular formula is C10H17N5O3. The van der Waals surface area contributed by atoms with Crippen LogP contribution in [0.2, 0.25) is 0 Å². The summed E-state index contributed by atoms with van der Waals surface area (Å²) in [5.41, 5.74) is 5.58. The smallest absolute Gasteiger partial charge is 0.332 e. The third-order valence-electron chi connectivity index (χ3n) is 2.33. The van der Waals surface area contributed by atoms with E-state index in [9.17, 15) is 10.1 Å². The van der Waals surface area contributed by atoms with E-state index < -0.39 is 4.92 Å². The van der Waals surface area contributed by atoms with Crippen molar-refractivity contribution in [1.82, 2.24) is 9.97 Å². The van der Waals surface area contributed by atoms with Gasteiger partial charge in [0.25, 0.3) is 0 Å². The topological polar surface area (TPSA) is 116 Å². The van der Waals surface area contributed by atoms with E-state index in [1.54, 1.807) is 7.11 Å². The summed E-state index contributed by atoms with van der Waals surface area (Å²) in [6.45, 7) is 4.55. The van der Waals surface area contributed by atoms with Crippen LogP contribution in [0.5, 0.6) is 0 Å². The monoisotopic (exact) mass is 255 g/mol. The molecule has 1 heterocycles. The van der Waals surface area contributed by atoms with Gasteiger partial charge < -0.3 is 15.8 Å². The molecule has 0 radical (unpaired) electrons. The molecule has 8 heteroatoms. The number of nitrogen functional groups attached to an aromatic ring is 1. The zero-order valence-electron chi connectivity index (χ0n) is 10.6. The molecule has 0 saturated heterocycles. The number of aryl methyl sites for hydroxylation is 1. The van der Waals surface area contributed by atoms with E-state index in [0.29, 0.717) is 13.2 Å². The van der Waals surface area contributed by atoms with Gasteiger partial charge in [0.15, 0.2) is 0 Å². The summed E-state index contributed by atoms with van der Waals surface area (Å²) in [6.07, 6.45) is 0. The molecule has 1 unspecified atom stereocenters. The molecule has 1 rings (SSSR count). The van der Waals surface area contributed by atoms with Crippen molar-refractivity contribution in [3.63, 3.8) is 0 Å². The Morgan fingerprint density at radius 1 is 1.56 bits per heavy atom. The third-order valence-corrected chi connectivity index (χ3v) is 2.33. The molecule has 0 aromatic carbocycles. The van der Waals surface area contributed by atoms with Crippen LogP contribution in [0.25, 0.3) is 0 Å². The summed E-state index contributed by atoms with van der Waals surface area (Å²) in [7, 11) is 1.60. The fourth-order valence-electron chi connectivity index (χ4n) is 1.54. The van der Waals surface area contributed by atoms with Gasteiger partial charge in [0, 0.05) is 13.7 Å². The predicted molar refractivity (Wildman–Crippen MR) is 67.4 cm³/mol. The lowest BCUT2D eigenvalue weighted by Gasteiger charge is -2.12. The Labute approximate surface area is 105 Å². The van der Waals surface area contributed by atoms with Gasteiger partial charge in [-0.2, -0.15) is 4.98 Å². The summed E-state index contributed by atoms with van der Waals surface area (Å²) >= 11 is 0. The molecule has 3 N–H and O–H groups in total. The molecular weight excluding hydrogens is 238 g/mol. The lowest BCUT2D eigenvalue weighted by Crippen LogP contribution is -2.18. The highest BCUT2D eigenvalue weighted by Gasteiger charge is 2.21. The van der Waals surface area contributed by atoms with Crippen LogP contribution in [0, 0.1) is 23.0 Å². The Kier molecular flexibility index (Phi) is 4.78. The first kappa shape index (κ1) is 14.1. The Hall–Kier alpha value is -1.96. The van der Waals surface area contributed by atoms with Crippen molar-refractivity contribution in [3.8, 4) is 0 Å². The molecule has 0 fully saturated rings. The van der Waals surface area contributed by atoms with E-state index in [2.05, 4.69) is 15.3 Å². The first-order valence-electron chi connectivity index (χ1n) is 5.47. The fourth-order valence-corrected chi connectivity index (χ4v) is 1.54. The number of methoxy groups -OCH3 is 1. The van der Waals surface area contributed by atoms with Gasteiger partial charge in [-0.1, -0.05) is 6.92 Å². The van der Waals surface area contributed by atoms with E-state index in [4.69, 9.17) is 10.5 Å². The highest BCUT2D eigenvalue weighted by Crippen LogP contribution is 2.25. The van der Waals surface area contributed by atoms with Crippen molar-refractivity contribution in [2.75, 3.05) is 31.3 Å². The van der Waals surface area contributed by atoms with Crippen LogP contribution in [0.1, 0.15) is 12.6 Å². The molecule has 0 saturated carbocycles. The van der Waals surface area contributed by atoms with E-state index in [1.807, 2.05) is 6.92 Å². The zero-order valence-corrected chi connectivity index (χ0v) is 10.6. The van der Waals surface area contributed by atoms with E-state index >= 15 is 0 Å². The molecule has 0 aliphatic carbocycles. The number of rotatable bonds is 6. The minimum Gasteiger partial charge on any atom is -0.384 e. The SMILES string of the molecule is COCC(C)CNc1nc(N)nc(C)c1[N+](=O)[O-]. The van der Waals surface area contributed by atoms with Gasteiger partial charge in [0.2, 0.25) is 11.8 Å². The number of nitro groups is 1. The largest absolute Gasteiger partial charge is 0.384 e. The number of ether oxygens (including phenoxy) is 1. The minimum atomic E-state index is -0.516. The van der Waals surface area contributed by atoms with Crippen molar-refractivity contribution >= 4 is 17.5 Å². The van der Waals surface area contributed by atoms with E-state index in [-0.39, 0.29) is 29.1 Å². The van der Waals surface area contributed by atoms with Crippen molar-refractivity contribution in [2.45, 2.75) is 13.8 Å². The zero-order chi connectivity index (χ0) is 13.7. The maximum absolute atomic E-state index is 10.9. The van der Waals surface area contributed by atoms with Gasteiger partial charge in [-0.3, -0.25) is 10.1 Å². The molecule has 0 aliphatic rings. The standard InChI is InChI=1S/C10H17N5O3/c1-6(5-18-3)4-12-9-8(15(16)17)7(2)13-10(11)14-9/h6H,4-5H2,1-3H3,(H3,11,12,13,14). The van der Waals surface area contributed by atoms with Crippen LogP contribution in [-0.4, -0.2) is 35.2 Å². The van der Waals surface area contributed by atoms with Gasteiger partial charge in [0.1, 0.15) is 5.69 Å². The lowest BCUT2D eigenvalue weighted by atomic mass is 10.2. The summed E-state index contributed by atoms with van der Waals surface area (Å²) in [4.78, 5) is 18.1. The normalized spacial score (nSPS) is 12.2. The average molecular weight is 255 g/mol. The third kappa shape index (κ3) is 3.52. The fraction of sp³-hybridized carbons (Fsp3) is 0.600. The number of anilines is 2. The second kappa shape index (κ2) is 6.10. The first-order valence-corrected chi connectivity index (χ1v) is 5.47. The average Bonchev–Trinajstić information content (AvgIpc) is 2.25. The van der Waals surface area contributed by atoms with Gasteiger partial charge in [-0.25, -0.2) is 4.98 Å². The molecule has 18 heavy (non-hydrogen) atoms. The number of nitrogens with one attached hydrogen (secondary N) is 1. The number of aromatic nitrogens is 2.